The number of hydrogen-bond donors (Lipinski definition) is 2. The van der Waals surface area contributed by atoms with Crippen molar-refractivity contribution in [2.45, 2.75) is 13.2 Å². The van der Waals surface area contributed by atoms with Crippen molar-refractivity contribution in [3.8, 4) is 0 Å². The zero-order valence-corrected chi connectivity index (χ0v) is 10.4. The number of amides is 2. The predicted molar refractivity (Wildman–Crippen MR) is 60.7 cm³/mol. The Morgan fingerprint density at radius 3 is 2.56 bits per heavy atom. The largest absolute Gasteiger partial charge is 0.360 e. The second kappa shape index (κ2) is 6.72. The van der Waals surface area contributed by atoms with Gasteiger partial charge in [0.15, 0.2) is 12.1 Å². The van der Waals surface area contributed by atoms with Crippen LogP contribution in [0.15, 0.2) is 10.6 Å². The number of methoxy groups -OCH3 is 2. The van der Waals surface area contributed by atoms with Crippen LogP contribution in [-0.4, -0.2) is 44.0 Å². The van der Waals surface area contributed by atoms with E-state index in [1.54, 1.807) is 6.92 Å². The molecule has 8 nitrogen and oxygen atoms in total. The summed E-state index contributed by atoms with van der Waals surface area (Å²) < 4.78 is 14.5. The van der Waals surface area contributed by atoms with Crippen LogP contribution in [0.4, 0.5) is 5.82 Å². The molecule has 2 N–H and O–H groups in total. The summed E-state index contributed by atoms with van der Waals surface area (Å²) in [5.41, 5.74) is 0. The van der Waals surface area contributed by atoms with Crippen LogP contribution < -0.4 is 10.6 Å². The molecule has 1 heterocycles. The molecule has 0 aliphatic rings. The van der Waals surface area contributed by atoms with Gasteiger partial charge in [-0.1, -0.05) is 5.16 Å². The Hall–Kier alpha value is -1.93. The second-order valence-electron chi connectivity index (χ2n) is 3.39. The van der Waals surface area contributed by atoms with E-state index in [0.717, 1.165) is 0 Å². The number of carbonyl (C=O) groups excluding carboxylic acids is 2. The lowest BCUT2D eigenvalue weighted by Gasteiger charge is -2.13. The van der Waals surface area contributed by atoms with Gasteiger partial charge in [0.05, 0.1) is 6.54 Å². The van der Waals surface area contributed by atoms with Crippen molar-refractivity contribution < 1.29 is 23.6 Å². The molecule has 100 valence electrons. The van der Waals surface area contributed by atoms with Crippen LogP contribution >= 0.6 is 0 Å². The van der Waals surface area contributed by atoms with Gasteiger partial charge < -0.3 is 19.3 Å². The number of rotatable bonds is 5. The summed E-state index contributed by atoms with van der Waals surface area (Å²) in [6, 6.07) is 1.50. The van der Waals surface area contributed by atoms with Gasteiger partial charge in [-0.05, 0) is 6.92 Å². The quantitative estimate of drug-likeness (QED) is 0.552. The molecule has 0 bridgehead atoms. The molecule has 1 rings (SSSR count). The zero-order chi connectivity index (χ0) is 13.5. The molecule has 0 atom stereocenters. The molecule has 0 aliphatic heterocycles. The summed E-state index contributed by atoms with van der Waals surface area (Å²) in [4.78, 5) is 22.8. The highest BCUT2D eigenvalue weighted by Gasteiger charge is 2.16. The molecule has 1 aromatic heterocycles. The lowest BCUT2D eigenvalue weighted by Crippen LogP contribution is -2.40. The summed E-state index contributed by atoms with van der Waals surface area (Å²) in [7, 11) is 2.86. The van der Waals surface area contributed by atoms with Crippen LogP contribution in [-0.2, 0) is 19.1 Å². The van der Waals surface area contributed by atoms with Crippen LogP contribution in [0.1, 0.15) is 5.76 Å². The van der Waals surface area contributed by atoms with Crippen LogP contribution in [0.2, 0.25) is 0 Å². The Morgan fingerprint density at radius 1 is 1.39 bits per heavy atom. The van der Waals surface area contributed by atoms with Gasteiger partial charge in [-0.15, -0.1) is 0 Å². The smallest absolute Gasteiger partial charge is 0.314 e. The fourth-order valence-electron chi connectivity index (χ4n) is 1.12. The molecule has 0 spiro atoms. The van der Waals surface area contributed by atoms with Crippen molar-refractivity contribution >= 4 is 17.6 Å². The fraction of sp³-hybridized carbons (Fsp3) is 0.500. The minimum Gasteiger partial charge on any atom is -0.360 e. The first kappa shape index (κ1) is 14.1. The lowest BCUT2D eigenvalue weighted by atomic mass is 10.4. The van der Waals surface area contributed by atoms with Gasteiger partial charge >= 0.3 is 11.8 Å². The monoisotopic (exact) mass is 257 g/mol. The van der Waals surface area contributed by atoms with E-state index in [-0.39, 0.29) is 12.4 Å². The maximum absolute atomic E-state index is 11.4. The average Bonchev–Trinajstić information content (AvgIpc) is 2.75. The summed E-state index contributed by atoms with van der Waals surface area (Å²) in [6.07, 6.45) is -0.601. The third kappa shape index (κ3) is 4.15. The third-order valence-electron chi connectivity index (χ3n) is 2.03. The first-order valence-electron chi connectivity index (χ1n) is 5.15. The normalized spacial score (nSPS) is 10.4. The SMILES string of the molecule is COC(CNC(=O)C(=O)Nc1cc(C)on1)OC. The fourth-order valence-corrected chi connectivity index (χ4v) is 1.12. The number of hydrogen-bond acceptors (Lipinski definition) is 6. The molecule has 18 heavy (non-hydrogen) atoms. The van der Waals surface area contributed by atoms with Gasteiger partial charge in [-0.3, -0.25) is 14.9 Å². The molecule has 8 heteroatoms. The van der Waals surface area contributed by atoms with Gasteiger partial charge in [-0.2, -0.15) is 0 Å². The topological polar surface area (TPSA) is 103 Å². The molecule has 0 aliphatic carbocycles. The maximum atomic E-state index is 11.4. The lowest BCUT2D eigenvalue weighted by molar-refractivity contribution is -0.139. The van der Waals surface area contributed by atoms with E-state index in [1.165, 1.54) is 20.3 Å². The van der Waals surface area contributed by atoms with E-state index in [4.69, 9.17) is 14.0 Å². The van der Waals surface area contributed by atoms with Crippen molar-refractivity contribution in [2.75, 3.05) is 26.1 Å². The third-order valence-corrected chi connectivity index (χ3v) is 2.03. The summed E-state index contributed by atoms with van der Waals surface area (Å²) in [6.45, 7) is 1.74. The van der Waals surface area contributed by atoms with Crippen molar-refractivity contribution in [3.63, 3.8) is 0 Å². The Morgan fingerprint density at radius 2 is 2.06 bits per heavy atom. The number of carbonyl (C=O) groups is 2. The average molecular weight is 257 g/mol. The summed E-state index contributed by atoms with van der Waals surface area (Å²) >= 11 is 0. The van der Waals surface area contributed by atoms with Crippen LogP contribution in [0, 0.1) is 6.92 Å². The van der Waals surface area contributed by atoms with E-state index in [0.29, 0.717) is 5.76 Å². The Bertz CT molecular complexity index is 413. The van der Waals surface area contributed by atoms with Crippen LogP contribution in [0.25, 0.3) is 0 Å². The maximum Gasteiger partial charge on any atom is 0.314 e. The van der Waals surface area contributed by atoms with Gasteiger partial charge in [0.2, 0.25) is 0 Å². The zero-order valence-electron chi connectivity index (χ0n) is 10.4. The van der Waals surface area contributed by atoms with Crippen molar-refractivity contribution in [1.82, 2.24) is 10.5 Å². The first-order valence-corrected chi connectivity index (χ1v) is 5.15. The minimum absolute atomic E-state index is 0.0666. The molecule has 0 aromatic carbocycles. The Balaban J connectivity index is 2.40. The second-order valence-corrected chi connectivity index (χ2v) is 3.39. The molecule has 0 unspecified atom stereocenters. The Labute approximate surface area is 104 Å². The standard InChI is InChI=1S/C10H15N3O5/c1-6-4-7(13-18-6)12-10(15)9(14)11-5-8(16-2)17-3/h4,8H,5H2,1-3H3,(H,11,14)(H,12,13,15). The number of ether oxygens (including phenoxy) is 2. The number of nitrogens with one attached hydrogen (secondary N) is 2. The van der Waals surface area contributed by atoms with Crippen molar-refractivity contribution in [1.29, 1.82) is 0 Å². The highest BCUT2D eigenvalue weighted by Crippen LogP contribution is 2.06. The van der Waals surface area contributed by atoms with Gasteiger partial charge in [0, 0.05) is 20.3 Å². The van der Waals surface area contributed by atoms with E-state index >= 15 is 0 Å². The molecule has 1 aromatic rings. The van der Waals surface area contributed by atoms with E-state index in [2.05, 4.69) is 15.8 Å². The Kier molecular flexibility index (Phi) is 5.28. The molecular formula is C10H15N3O5. The minimum atomic E-state index is -0.839. The predicted octanol–water partition coefficient (Wildman–Crippen LogP) is -0.343. The highest BCUT2D eigenvalue weighted by atomic mass is 16.7. The molecule has 0 saturated carbocycles. The number of nitrogens with zero attached hydrogens (tertiary/aromatic N) is 1. The van der Waals surface area contributed by atoms with Gasteiger partial charge in [-0.25, -0.2) is 0 Å². The van der Waals surface area contributed by atoms with Gasteiger partial charge in [0.1, 0.15) is 5.76 Å². The first-order chi connectivity index (χ1) is 8.56. The molecule has 0 fully saturated rings. The number of anilines is 1. The number of aryl methyl sites for hydroxylation is 1. The van der Waals surface area contributed by atoms with Crippen molar-refractivity contribution in [3.05, 3.63) is 11.8 Å². The summed E-state index contributed by atoms with van der Waals surface area (Å²) in [5, 5.41) is 8.17. The van der Waals surface area contributed by atoms with E-state index in [9.17, 15) is 9.59 Å². The van der Waals surface area contributed by atoms with Gasteiger partial charge in [0.25, 0.3) is 0 Å². The van der Waals surface area contributed by atoms with Crippen LogP contribution in [0.5, 0.6) is 0 Å². The summed E-state index contributed by atoms with van der Waals surface area (Å²) in [5.74, 6) is -0.934. The molecule has 0 saturated heterocycles. The van der Waals surface area contributed by atoms with Crippen LogP contribution in [0.3, 0.4) is 0 Å². The number of aromatic nitrogens is 1. The molecule has 2 amide bonds. The van der Waals surface area contributed by atoms with E-state index < -0.39 is 18.1 Å². The van der Waals surface area contributed by atoms with E-state index in [1.807, 2.05) is 0 Å². The molecular weight excluding hydrogens is 242 g/mol. The highest BCUT2D eigenvalue weighted by molar-refractivity contribution is 6.39. The molecule has 0 radical (unpaired) electrons. The van der Waals surface area contributed by atoms with Crippen molar-refractivity contribution in [2.24, 2.45) is 0 Å².